The number of rotatable bonds is 3. The largest absolute Gasteiger partial charge is 0.487 e. The SMILES string of the molecule is OCCOc1coc2ccccc12. The molecule has 0 aliphatic heterocycles. The van der Waals surface area contributed by atoms with Gasteiger partial charge in [-0.15, -0.1) is 0 Å². The van der Waals surface area contributed by atoms with Crippen LogP contribution in [0.1, 0.15) is 0 Å². The Morgan fingerprint density at radius 2 is 2.15 bits per heavy atom. The molecule has 0 atom stereocenters. The van der Waals surface area contributed by atoms with Crippen LogP contribution in [0.15, 0.2) is 34.9 Å². The zero-order valence-electron chi connectivity index (χ0n) is 7.06. The molecule has 1 aromatic carbocycles. The van der Waals surface area contributed by atoms with Crippen LogP contribution in [0.4, 0.5) is 0 Å². The highest BCUT2D eigenvalue weighted by atomic mass is 16.5. The van der Waals surface area contributed by atoms with E-state index in [0.29, 0.717) is 12.4 Å². The fourth-order valence-electron chi connectivity index (χ4n) is 1.22. The van der Waals surface area contributed by atoms with E-state index in [0.717, 1.165) is 11.0 Å². The van der Waals surface area contributed by atoms with Crippen LogP contribution in [-0.2, 0) is 0 Å². The molecule has 0 unspecified atom stereocenters. The van der Waals surface area contributed by atoms with Crippen molar-refractivity contribution in [2.75, 3.05) is 13.2 Å². The van der Waals surface area contributed by atoms with Crippen molar-refractivity contribution in [1.82, 2.24) is 0 Å². The Balaban J connectivity index is 2.35. The molecule has 1 heterocycles. The second-order valence-corrected chi connectivity index (χ2v) is 2.67. The molecule has 3 nitrogen and oxygen atoms in total. The van der Waals surface area contributed by atoms with Gasteiger partial charge in [-0.3, -0.25) is 0 Å². The Kier molecular flexibility index (Phi) is 2.19. The summed E-state index contributed by atoms with van der Waals surface area (Å²) < 4.78 is 10.5. The van der Waals surface area contributed by atoms with E-state index in [1.807, 2.05) is 24.3 Å². The minimum Gasteiger partial charge on any atom is -0.487 e. The number of para-hydroxylation sites is 1. The summed E-state index contributed by atoms with van der Waals surface area (Å²) in [5, 5.41) is 9.52. The summed E-state index contributed by atoms with van der Waals surface area (Å²) in [6.07, 6.45) is 1.56. The van der Waals surface area contributed by atoms with Gasteiger partial charge in [0.05, 0.1) is 12.0 Å². The Morgan fingerprint density at radius 1 is 1.31 bits per heavy atom. The van der Waals surface area contributed by atoms with Crippen molar-refractivity contribution in [2.24, 2.45) is 0 Å². The van der Waals surface area contributed by atoms with E-state index in [-0.39, 0.29) is 6.61 Å². The van der Waals surface area contributed by atoms with Gasteiger partial charge in [0.1, 0.15) is 18.5 Å². The van der Waals surface area contributed by atoms with E-state index in [1.54, 1.807) is 6.26 Å². The van der Waals surface area contributed by atoms with E-state index < -0.39 is 0 Å². The number of ether oxygens (including phenoxy) is 1. The molecule has 0 radical (unpaired) electrons. The van der Waals surface area contributed by atoms with Crippen molar-refractivity contribution in [3.05, 3.63) is 30.5 Å². The third-order valence-electron chi connectivity index (χ3n) is 1.79. The predicted molar refractivity (Wildman–Crippen MR) is 48.8 cm³/mol. The summed E-state index contributed by atoms with van der Waals surface area (Å²) in [6, 6.07) is 7.62. The molecule has 0 fully saturated rings. The number of aliphatic hydroxyl groups is 1. The normalized spacial score (nSPS) is 10.5. The quantitative estimate of drug-likeness (QED) is 0.779. The highest BCUT2D eigenvalue weighted by molar-refractivity contribution is 5.83. The molecular weight excluding hydrogens is 168 g/mol. The fourth-order valence-corrected chi connectivity index (χ4v) is 1.22. The number of aliphatic hydroxyl groups excluding tert-OH is 1. The molecule has 0 bridgehead atoms. The van der Waals surface area contributed by atoms with E-state index in [1.165, 1.54) is 0 Å². The highest BCUT2D eigenvalue weighted by Crippen LogP contribution is 2.27. The lowest BCUT2D eigenvalue weighted by Gasteiger charge is -1.99. The Hall–Kier alpha value is -1.48. The first-order chi connectivity index (χ1) is 6.42. The molecule has 1 aromatic heterocycles. The van der Waals surface area contributed by atoms with Crippen molar-refractivity contribution >= 4 is 11.0 Å². The van der Waals surface area contributed by atoms with Gasteiger partial charge in [-0.25, -0.2) is 0 Å². The number of hydrogen-bond acceptors (Lipinski definition) is 3. The zero-order valence-corrected chi connectivity index (χ0v) is 7.06. The van der Waals surface area contributed by atoms with Crippen LogP contribution in [0.25, 0.3) is 11.0 Å². The molecule has 0 aliphatic carbocycles. The highest BCUT2D eigenvalue weighted by Gasteiger charge is 2.04. The topological polar surface area (TPSA) is 42.6 Å². The lowest BCUT2D eigenvalue weighted by atomic mass is 10.2. The summed E-state index contributed by atoms with van der Waals surface area (Å²) in [5.74, 6) is 0.685. The fraction of sp³-hybridized carbons (Fsp3) is 0.200. The van der Waals surface area contributed by atoms with E-state index in [4.69, 9.17) is 14.3 Å². The summed E-state index contributed by atoms with van der Waals surface area (Å²) >= 11 is 0. The summed E-state index contributed by atoms with van der Waals surface area (Å²) in [4.78, 5) is 0. The van der Waals surface area contributed by atoms with E-state index >= 15 is 0 Å². The van der Waals surface area contributed by atoms with E-state index in [2.05, 4.69) is 0 Å². The zero-order chi connectivity index (χ0) is 9.10. The third kappa shape index (κ3) is 1.51. The summed E-state index contributed by atoms with van der Waals surface area (Å²) in [6.45, 7) is 0.309. The van der Waals surface area contributed by atoms with Crippen LogP contribution in [0.5, 0.6) is 5.75 Å². The molecule has 0 spiro atoms. The molecule has 0 saturated heterocycles. The molecule has 68 valence electrons. The maximum atomic E-state index is 8.58. The van der Waals surface area contributed by atoms with Gasteiger partial charge in [0.2, 0.25) is 0 Å². The first-order valence-corrected chi connectivity index (χ1v) is 4.11. The van der Waals surface area contributed by atoms with Crippen LogP contribution in [0.2, 0.25) is 0 Å². The van der Waals surface area contributed by atoms with Gasteiger partial charge < -0.3 is 14.3 Å². The average Bonchev–Trinajstić information content (AvgIpc) is 2.58. The molecule has 0 saturated carbocycles. The monoisotopic (exact) mass is 178 g/mol. The van der Waals surface area contributed by atoms with Gasteiger partial charge in [-0.1, -0.05) is 12.1 Å². The molecule has 2 rings (SSSR count). The first-order valence-electron chi connectivity index (χ1n) is 4.11. The standard InChI is InChI=1S/C10H10O3/c11-5-6-12-10-7-13-9-4-2-1-3-8(9)10/h1-4,7,11H,5-6H2. The van der Waals surface area contributed by atoms with Crippen molar-refractivity contribution in [3.63, 3.8) is 0 Å². The number of hydrogen-bond donors (Lipinski definition) is 1. The van der Waals surface area contributed by atoms with Gasteiger partial charge in [0.15, 0.2) is 5.75 Å². The molecule has 2 aromatic rings. The maximum absolute atomic E-state index is 8.58. The Labute approximate surface area is 75.5 Å². The second-order valence-electron chi connectivity index (χ2n) is 2.67. The van der Waals surface area contributed by atoms with Gasteiger partial charge in [-0.2, -0.15) is 0 Å². The summed E-state index contributed by atoms with van der Waals surface area (Å²) in [5.41, 5.74) is 0.801. The van der Waals surface area contributed by atoms with Gasteiger partial charge >= 0.3 is 0 Å². The van der Waals surface area contributed by atoms with Crippen LogP contribution in [0.3, 0.4) is 0 Å². The minimum atomic E-state index is 0.0134. The predicted octanol–water partition coefficient (Wildman–Crippen LogP) is 1.80. The smallest absolute Gasteiger partial charge is 0.165 e. The number of fused-ring (bicyclic) bond motifs is 1. The minimum absolute atomic E-state index is 0.0134. The van der Waals surface area contributed by atoms with Gasteiger partial charge in [0, 0.05) is 0 Å². The average molecular weight is 178 g/mol. The van der Waals surface area contributed by atoms with Crippen molar-refractivity contribution < 1.29 is 14.3 Å². The van der Waals surface area contributed by atoms with Crippen LogP contribution >= 0.6 is 0 Å². The third-order valence-corrected chi connectivity index (χ3v) is 1.79. The Morgan fingerprint density at radius 3 is 3.00 bits per heavy atom. The Bertz CT molecular complexity index is 392. The molecule has 3 heteroatoms. The number of benzene rings is 1. The lowest BCUT2D eigenvalue weighted by molar-refractivity contribution is 0.201. The van der Waals surface area contributed by atoms with Crippen molar-refractivity contribution in [3.8, 4) is 5.75 Å². The van der Waals surface area contributed by atoms with E-state index in [9.17, 15) is 0 Å². The molecular formula is C10H10O3. The molecule has 0 amide bonds. The maximum Gasteiger partial charge on any atom is 0.165 e. The summed E-state index contributed by atoms with van der Waals surface area (Å²) in [7, 11) is 0. The van der Waals surface area contributed by atoms with Crippen molar-refractivity contribution in [1.29, 1.82) is 0 Å². The second kappa shape index (κ2) is 3.49. The van der Waals surface area contributed by atoms with Crippen LogP contribution in [0, 0.1) is 0 Å². The van der Waals surface area contributed by atoms with Gasteiger partial charge in [-0.05, 0) is 12.1 Å². The van der Waals surface area contributed by atoms with Crippen LogP contribution < -0.4 is 4.74 Å². The van der Waals surface area contributed by atoms with Crippen molar-refractivity contribution in [2.45, 2.75) is 0 Å². The van der Waals surface area contributed by atoms with Gasteiger partial charge in [0.25, 0.3) is 0 Å². The lowest BCUT2D eigenvalue weighted by Crippen LogP contribution is -2.00. The molecule has 13 heavy (non-hydrogen) atoms. The number of furan rings is 1. The molecule has 0 aliphatic rings. The molecule has 1 N–H and O–H groups in total. The van der Waals surface area contributed by atoms with Crippen LogP contribution in [-0.4, -0.2) is 18.3 Å². The first kappa shape index (κ1) is 8.13.